The lowest BCUT2D eigenvalue weighted by Gasteiger charge is -2.46. The van der Waals surface area contributed by atoms with Crippen LogP contribution in [0.2, 0.25) is 0 Å². The van der Waals surface area contributed by atoms with Crippen LogP contribution in [0.1, 0.15) is 27.2 Å². The van der Waals surface area contributed by atoms with Crippen LogP contribution in [0.3, 0.4) is 0 Å². The second-order valence-corrected chi connectivity index (χ2v) is 6.27. The molecule has 0 amide bonds. The molecule has 0 aliphatic carbocycles. The molecule has 1 fully saturated rings. The van der Waals surface area contributed by atoms with Gasteiger partial charge in [-0.2, -0.15) is 0 Å². The molecule has 1 aromatic carbocycles. The zero-order chi connectivity index (χ0) is 15.3. The molecule has 2 rings (SSSR count). The van der Waals surface area contributed by atoms with E-state index in [4.69, 9.17) is 9.47 Å². The first-order valence-electron chi connectivity index (χ1n) is 7.80. The molecule has 1 aromatic rings. The van der Waals surface area contributed by atoms with E-state index in [-0.39, 0.29) is 5.54 Å². The lowest BCUT2D eigenvalue weighted by Crippen LogP contribution is -2.62. The molecule has 0 saturated carbocycles. The van der Waals surface area contributed by atoms with Crippen LogP contribution in [-0.4, -0.2) is 49.8 Å². The Kier molecular flexibility index (Phi) is 5.48. The van der Waals surface area contributed by atoms with Crippen molar-refractivity contribution < 1.29 is 9.47 Å². The average molecular weight is 292 g/mol. The van der Waals surface area contributed by atoms with E-state index in [1.54, 1.807) is 7.11 Å². The van der Waals surface area contributed by atoms with Gasteiger partial charge >= 0.3 is 0 Å². The predicted molar refractivity (Wildman–Crippen MR) is 86.2 cm³/mol. The monoisotopic (exact) mass is 292 g/mol. The Hall–Kier alpha value is -1.26. The molecule has 1 aliphatic heterocycles. The van der Waals surface area contributed by atoms with Crippen molar-refractivity contribution in [3.63, 3.8) is 0 Å². The molecule has 4 nitrogen and oxygen atoms in total. The smallest absolute Gasteiger partial charge is 0.119 e. The molecule has 118 valence electrons. The summed E-state index contributed by atoms with van der Waals surface area (Å²) in [6, 6.07) is 8.36. The SMILES string of the molecule is CCC1CN(CCOc2ccc(OC)cc2)C(C)(C)CN1. The molecular weight excluding hydrogens is 264 g/mol. The Bertz CT molecular complexity index is 431. The zero-order valence-corrected chi connectivity index (χ0v) is 13.7. The molecule has 0 bridgehead atoms. The van der Waals surface area contributed by atoms with Crippen LogP contribution >= 0.6 is 0 Å². The van der Waals surface area contributed by atoms with Gasteiger partial charge in [0.15, 0.2) is 0 Å². The maximum atomic E-state index is 5.85. The van der Waals surface area contributed by atoms with Crippen molar-refractivity contribution >= 4 is 0 Å². The Morgan fingerprint density at radius 2 is 1.90 bits per heavy atom. The molecule has 0 radical (unpaired) electrons. The summed E-state index contributed by atoms with van der Waals surface area (Å²) in [4.78, 5) is 2.53. The summed E-state index contributed by atoms with van der Waals surface area (Å²) >= 11 is 0. The fourth-order valence-electron chi connectivity index (χ4n) is 2.70. The second-order valence-electron chi connectivity index (χ2n) is 6.27. The Morgan fingerprint density at radius 1 is 1.24 bits per heavy atom. The summed E-state index contributed by atoms with van der Waals surface area (Å²) in [5.74, 6) is 1.76. The minimum Gasteiger partial charge on any atom is -0.497 e. The number of benzene rings is 1. The van der Waals surface area contributed by atoms with Crippen LogP contribution in [0.4, 0.5) is 0 Å². The van der Waals surface area contributed by atoms with Gasteiger partial charge in [-0.1, -0.05) is 6.92 Å². The van der Waals surface area contributed by atoms with E-state index in [0.29, 0.717) is 12.6 Å². The van der Waals surface area contributed by atoms with Crippen LogP contribution in [0.15, 0.2) is 24.3 Å². The van der Waals surface area contributed by atoms with E-state index in [9.17, 15) is 0 Å². The van der Waals surface area contributed by atoms with E-state index in [1.165, 1.54) is 6.42 Å². The summed E-state index contributed by atoms with van der Waals surface area (Å²) in [7, 11) is 1.67. The number of nitrogens with zero attached hydrogens (tertiary/aromatic N) is 1. The van der Waals surface area contributed by atoms with Crippen LogP contribution in [-0.2, 0) is 0 Å². The van der Waals surface area contributed by atoms with Gasteiger partial charge in [0.1, 0.15) is 18.1 Å². The minimum atomic E-state index is 0.189. The summed E-state index contributed by atoms with van der Waals surface area (Å²) < 4.78 is 11.0. The molecule has 1 N–H and O–H groups in total. The number of methoxy groups -OCH3 is 1. The maximum Gasteiger partial charge on any atom is 0.119 e. The summed E-state index contributed by atoms with van der Waals surface area (Å²) in [6.07, 6.45) is 1.17. The van der Waals surface area contributed by atoms with Gasteiger partial charge in [-0.3, -0.25) is 4.90 Å². The van der Waals surface area contributed by atoms with Gasteiger partial charge in [-0.05, 0) is 44.5 Å². The van der Waals surface area contributed by atoms with Crippen molar-refractivity contribution in [1.29, 1.82) is 0 Å². The number of piperazine rings is 1. The van der Waals surface area contributed by atoms with Gasteiger partial charge in [0, 0.05) is 31.2 Å². The average Bonchev–Trinajstić information content (AvgIpc) is 2.49. The van der Waals surface area contributed by atoms with Crippen molar-refractivity contribution in [3.05, 3.63) is 24.3 Å². The van der Waals surface area contributed by atoms with Gasteiger partial charge < -0.3 is 14.8 Å². The summed E-state index contributed by atoms with van der Waals surface area (Å²) in [6.45, 7) is 10.6. The minimum absolute atomic E-state index is 0.189. The molecule has 0 aromatic heterocycles. The lowest BCUT2D eigenvalue weighted by atomic mass is 9.96. The first kappa shape index (κ1) is 16.1. The molecule has 1 heterocycles. The molecule has 21 heavy (non-hydrogen) atoms. The number of hydrogen-bond acceptors (Lipinski definition) is 4. The molecule has 1 aliphatic rings. The number of rotatable bonds is 6. The zero-order valence-electron chi connectivity index (χ0n) is 13.7. The topological polar surface area (TPSA) is 33.7 Å². The van der Waals surface area contributed by atoms with Gasteiger partial charge in [0.05, 0.1) is 7.11 Å². The van der Waals surface area contributed by atoms with E-state index in [2.05, 4.69) is 31.0 Å². The highest BCUT2D eigenvalue weighted by atomic mass is 16.5. The van der Waals surface area contributed by atoms with Crippen LogP contribution in [0.25, 0.3) is 0 Å². The van der Waals surface area contributed by atoms with E-state index in [0.717, 1.165) is 31.1 Å². The molecule has 1 atom stereocenters. The molecular formula is C17H28N2O2. The Balaban J connectivity index is 1.83. The Morgan fingerprint density at radius 3 is 2.52 bits per heavy atom. The summed E-state index contributed by atoms with van der Waals surface area (Å²) in [5.41, 5.74) is 0.189. The van der Waals surface area contributed by atoms with Crippen LogP contribution in [0, 0.1) is 0 Å². The van der Waals surface area contributed by atoms with E-state index < -0.39 is 0 Å². The van der Waals surface area contributed by atoms with Crippen molar-refractivity contribution in [2.45, 2.75) is 38.8 Å². The first-order valence-corrected chi connectivity index (χ1v) is 7.80. The van der Waals surface area contributed by atoms with Crippen molar-refractivity contribution in [2.75, 3.05) is 33.4 Å². The first-order chi connectivity index (χ1) is 10.0. The fraction of sp³-hybridized carbons (Fsp3) is 0.647. The third-order valence-corrected chi connectivity index (χ3v) is 4.30. The van der Waals surface area contributed by atoms with E-state index in [1.807, 2.05) is 24.3 Å². The van der Waals surface area contributed by atoms with Gasteiger partial charge in [0.25, 0.3) is 0 Å². The third kappa shape index (κ3) is 4.35. The summed E-state index contributed by atoms with van der Waals surface area (Å²) in [5, 5.41) is 3.61. The molecule has 4 heteroatoms. The van der Waals surface area contributed by atoms with Crippen molar-refractivity contribution in [1.82, 2.24) is 10.2 Å². The number of ether oxygens (including phenoxy) is 2. The van der Waals surface area contributed by atoms with Crippen molar-refractivity contribution in [2.24, 2.45) is 0 Å². The van der Waals surface area contributed by atoms with Gasteiger partial charge in [0.2, 0.25) is 0 Å². The molecule has 0 spiro atoms. The highest BCUT2D eigenvalue weighted by Gasteiger charge is 2.32. The Labute approximate surface area is 128 Å². The van der Waals surface area contributed by atoms with Crippen LogP contribution in [0.5, 0.6) is 11.5 Å². The van der Waals surface area contributed by atoms with Gasteiger partial charge in [-0.15, -0.1) is 0 Å². The lowest BCUT2D eigenvalue weighted by molar-refractivity contribution is 0.0521. The molecule has 1 unspecified atom stereocenters. The van der Waals surface area contributed by atoms with Gasteiger partial charge in [-0.25, -0.2) is 0 Å². The predicted octanol–water partition coefficient (Wildman–Crippen LogP) is 2.54. The molecule has 1 saturated heterocycles. The van der Waals surface area contributed by atoms with Crippen LogP contribution < -0.4 is 14.8 Å². The second kappa shape index (κ2) is 7.14. The number of hydrogen-bond donors (Lipinski definition) is 1. The largest absolute Gasteiger partial charge is 0.497 e. The van der Waals surface area contributed by atoms with E-state index >= 15 is 0 Å². The third-order valence-electron chi connectivity index (χ3n) is 4.30. The standard InChI is InChI=1S/C17H28N2O2/c1-5-14-12-19(17(2,3)13-18-14)10-11-21-16-8-6-15(20-4)7-9-16/h6-9,14,18H,5,10-13H2,1-4H3. The number of nitrogens with one attached hydrogen (secondary N) is 1. The maximum absolute atomic E-state index is 5.85. The quantitative estimate of drug-likeness (QED) is 0.873. The highest BCUT2D eigenvalue weighted by Crippen LogP contribution is 2.20. The normalized spacial score (nSPS) is 22.0. The highest BCUT2D eigenvalue weighted by molar-refractivity contribution is 5.31. The van der Waals surface area contributed by atoms with Crippen molar-refractivity contribution in [3.8, 4) is 11.5 Å². The fourth-order valence-corrected chi connectivity index (χ4v) is 2.70.